The van der Waals surface area contributed by atoms with Gasteiger partial charge in [0.05, 0.1) is 18.8 Å². The van der Waals surface area contributed by atoms with E-state index in [0.717, 1.165) is 11.1 Å². The third kappa shape index (κ3) is 2.83. The summed E-state index contributed by atoms with van der Waals surface area (Å²) in [5, 5.41) is 18.9. The smallest absolute Gasteiger partial charge is 0.341 e. The molecule has 1 N–H and O–H groups in total. The normalized spacial score (nSPS) is 15.7. The van der Waals surface area contributed by atoms with Gasteiger partial charge in [0.1, 0.15) is 11.9 Å². The van der Waals surface area contributed by atoms with Crippen LogP contribution in [0.2, 0.25) is 0 Å². The Morgan fingerprint density at radius 1 is 1.38 bits per heavy atom. The molecule has 1 aliphatic rings. The zero-order valence-corrected chi connectivity index (χ0v) is 12.5. The Morgan fingerprint density at radius 2 is 2.00 bits per heavy atom. The van der Waals surface area contributed by atoms with E-state index < -0.39 is 5.97 Å². The first-order valence-electron chi connectivity index (χ1n) is 6.92. The number of ether oxygens (including phenoxy) is 1. The second-order valence-electron chi connectivity index (χ2n) is 5.23. The van der Waals surface area contributed by atoms with Crippen LogP contribution in [0.5, 0.6) is 0 Å². The number of carbonyl (C=O) groups excluding carboxylic acids is 1. The van der Waals surface area contributed by atoms with Crippen molar-refractivity contribution in [2.75, 3.05) is 25.1 Å². The molecule has 1 aromatic heterocycles. The highest BCUT2D eigenvalue weighted by atomic mass is 16.5. The lowest BCUT2D eigenvalue weighted by Gasteiger charge is -2.32. The molecular weight excluding hydrogens is 270 g/mol. The van der Waals surface area contributed by atoms with Crippen LogP contribution in [0.1, 0.15) is 40.0 Å². The molecule has 0 spiro atoms. The molecule has 2 heterocycles. The van der Waals surface area contributed by atoms with Crippen molar-refractivity contribution in [1.29, 1.82) is 5.26 Å². The van der Waals surface area contributed by atoms with E-state index in [-0.39, 0.29) is 17.4 Å². The number of hydrogen-bond donors (Lipinski definition) is 1. The van der Waals surface area contributed by atoms with Crippen LogP contribution in [0.25, 0.3) is 0 Å². The Labute approximate surface area is 124 Å². The van der Waals surface area contributed by atoms with Crippen molar-refractivity contribution in [3.63, 3.8) is 0 Å². The van der Waals surface area contributed by atoms with Crippen LogP contribution in [-0.4, -0.2) is 42.4 Å². The number of esters is 1. The van der Waals surface area contributed by atoms with Gasteiger partial charge < -0.3 is 14.7 Å². The van der Waals surface area contributed by atoms with Crippen LogP contribution in [0, 0.1) is 25.2 Å². The van der Waals surface area contributed by atoms with Gasteiger partial charge in [0.15, 0.2) is 5.69 Å². The van der Waals surface area contributed by atoms with Crippen molar-refractivity contribution in [1.82, 2.24) is 4.98 Å². The van der Waals surface area contributed by atoms with Crippen LogP contribution in [-0.2, 0) is 4.74 Å². The SMILES string of the molecule is COC(=O)c1c(C#N)nc(N2CCC(O)CC2)c(C)c1C. The van der Waals surface area contributed by atoms with E-state index in [9.17, 15) is 15.2 Å². The van der Waals surface area contributed by atoms with Gasteiger partial charge in [-0.05, 0) is 37.8 Å². The van der Waals surface area contributed by atoms with Gasteiger partial charge in [0.25, 0.3) is 0 Å². The van der Waals surface area contributed by atoms with Crippen LogP contribution in [0.3, 0.4) is 0 Å². The standard InChI is InChI=1S/C15H19N3O3/c1-9-10(2)14(18-6-4-11(19)5-7-18)17-12(8-16)13(9)15(20)21-3/h11,19H,4-7H2,1-3H3. The fraction of sp³-hybridized carbons (Fsp3) is 0.533. The van der Waals surface area contributed by atoms with Crippen molar-refractivity contribution in [2.45, 2.75) is 32.8 Å². The highest BCUT2D eigenvalue weighted by molar-refractivity contribution is 5.94. The summed E-state index contributed by atoms with van der Waals surface area (Å²) in [5.41, 5.74) is 1.91. The molecule has 1 aromatic rings. The van der Waals surface area contributed by atoms with Gasteiger partial charge in [0.2, 0.25) is 0 Å². The summed E-state index contributed by atoms with van der Waals surface area (Å²) < 4.78 is 4.74. The van der Waals surface area contributed by atoms with Gasteiger partial charge in [-0.15, -0.1) is 0 Å². The Hall–Kier alpha value is -2.13. The molecule has 6 nitrogen and oxygen atoms in total. The van der Waals surface area contributed by atoms with Crippen molar-refractivity contribution in [3.05, 3.63) is 22.4 Å². The van der Waals surface area contributed by atoms with E-state index in [1.807, 2.05) is 13.0 Å². The van der Waals surface area contributed by atoms with Crippen LogP contribution in [0.4, 0.5) is 5.82 Å². The van der Waals surface area contributed by atoms with E-state index in [1.54, 1.807) is 6.92 Å². The lowest BCUT2D eigenvalue weighted by atomic mass is 10.0. The zero-order valence-electron chi connectivity index (χ0n) is 12.5. The Bertz CT molecular complexity index is 599. The summed E-state index contributed by atoms with van der Waals surface area (Å²) in [6, 6.07) is 1.98. The Kier molecular flexibility index (Phi) is 4.43. The molecule has 0 unspecified atom stereocenters. The van der Waals surface area contributed by atoms with E-state index in [1.165, 1.54) is 7.11 Å². The summed E-state index contributed by atoms with van der Waals surface area (Å²) in [6.07, 6.45) is 1.09. The van der Waals surface area contributed by atoms with Crippen molar-refractivity contribution in [2.24, 2.45) is 0 Å². The minimum absolute atomic E-state index is 0.0890. The summed E-state index contributed by atoms with van der Waals surface area (Å²) in [5.74, 6) is 0.170. The molecule has 2 rings (SSSR count). The summed E-state index contributed by atoms with van der Waals surface area (Å²) in [6.45, 7) is 5.07. The van der Waals surface area contributed by atoms with Gasteiger partial charge in [-0.3, -0.25) is 0 Å². The molecular formula is C15H19N3O3. The van der Waals surface area contributed by atoms with Gasteiger partial charge >= 0.3 is 5.97 Å². The second-order valence-corrected chi connectivity index (χ2v) is 5.23. The number of anilines is 1. The van der Waals surface area contributed by atoms with Crippen molar-refractivity contribution in [3.8, 4) is 6.07 Å². The number of nitriles is 1. The Balaban J connectivity index is 2.48. The van der Waals surface area contributed by atoms with Crippen LogP contribution >= 0.6 is 0 Å². The quantitative estimate of drug-likeness (QED) is 0.826. The Morgan fingerprint density at radius 3 is 2.52 bits per heavy atom. The van der Waals surface area contributed by atoms with E-state index in [2.05, 4.69) is 9.88 Å². The van der Waals surface area contributed by atoms with Crippen molar-refractivity contribution < 1.29 is 14.6 Å². The van der Waals surface area contributed by atoms with E-state index in [4.69, 9.17) is 4.74 Å². The summed E-state index contributed by atoms with van der Waals surface area (Å²) in [4.78, 5) is 18.2. The van der Waals surface area contributed by atoms with Gasteiger partial charge in [0, 0.05) is 13.1 Å². The molecule has 0 atom stereocenters. The van der Waals surface area contributed by atoms with E-state index >= 15 is 0 Å². The molecule has 21 heavy (non-hydrogen) atoms. The average molecular weight is 289 g/mol. The maximum absolute atomic E-state index is 11.8. The molecule has 0 amide bonds. The maximum atomic E-state index is 11.8. The molecule has 1 aliphatic heterocycles. The largest absolute Gasteiger partial charge is 0.465 e. The third-order valence-corrected chi connectivity index (χ3v) is 3.99. The average Bonchev–Trinajstić information content (AvgIpc) is 2.50. The maximum Gasteiger partial charge on any atom is 0.341 e. The molecule has 1 fully saturated rings. The topological polar surface area (TPSA) is 86.5 Å². The number of pyridine rings is 1. The van der Waals surface area contributed by atoms with E-state index in [0.29, 0.717) is 31.7 Å². The third-order valence-electron chi connectivity index (χ3n) is 3.99. The lowest BCUT2D eigenvalue weighted by molar-refractivity contribution is 0.0599. The first-order chi connectivity index (χ1) is 9.99. The first kappa shape index (κ1) is 15.3. The van der Waals surface area contributed by atoms with Crippen molar-refractivity contribution >= 4 is 11.8 Å². The number of aliphatic hydroxyl groups is 1. The molecule has 0 aromatic carbocycles. The zero-order chi connectivity index (χ0) is 15.6. The summed E-state index contributed by atoms with van der Waals surface area (Å²) in [7, 11) is 1.29. The minimum Gasteiger partial charge on any atom is -0.465 e. The number of aliphatic hydroxyl groups excluding tert-OH is 1. The number of aromatic nitrogens is 1. The van der Waals surface area contributed by atoms with Gasteiger partial charge in [-0.1, -0.05) is 0 Å². The summed E-state index contributed by atoms with van der Waals surface area (Å²) >= 11 is 0. The van der Waals surface area contributed by atoms with Crippen LogP contribution < -0.4 is 4.90 Å². The molecule has 0 radical (unpaired) electrons. The number of piperidine rings is 1. The van der Waals surface area contributed by atoms with Crippen LogP contribution in [0.15, 0.2) is 0 Å². The molecule has 112 valence electrons. The van der Waals surface area contributed by atoms with Gasteiger partial charge in [-0.2, -0.15) is 5.26 Å². The number of rotatable bonds is 2. The molecule has 1 saturated heterocycles. The molecule has 0 aliphatic carbocycles. The first-order valence-corrected chi connectivity index (χ1v) is 6.92. The number of methoxy groups -OCH3 is 1. The minimum atomic E-state index is -0.541. The predicted octanol–water partition coefficient (Wildman–Crippen LogP) is 1.32. The van der Waals surface area contributed by atoms with Gasteiger partial charge in [-0.25, -0.2) is 9.78 Å². The number of nitrogens with zero attached hydrogens (tertiary/aromatic N) is 3. The predicted molar refractivity (Wildman–Crippen MR) is 77.2 cm³/mol. The lowest BCUT2D eigenvalue weighted by Crippen LogP contribution is -2.37. The molecule has 0 bridgehead atoms. The number of carbonyl (C=O) groups is 1. The molecule has 6 heteroatoms. The monoisotopic (exact) mass is 289 g/mol. The number of hydrogen-bond acceptors (Lipinski definition) is 6. The molecule has 0 saturated carbocycles. The highest BCUT2D eigenvalue weighted by Crippen LogP contribution is 2.28. The fourth-order valence-electron chi connectivity index (χ4n) is 2.60. The fourth-order valence-corrected chi connectivity index (χ4v) is 2.60. The second kappa shape index (κ2) is 6.10. The highest BCUT2D eigenvalue weighted by Gasteiger charge is 2.25.